The molecule has 0 aliphatic carbocycles. The summed E-state index contributed by atoms with van der Waals surface area (Å²) in [6, 6.07) is 153. The Kier molecular flexibility index (Phi) is 18.7. The summed E-state index contributed by atoms with van der Waals surface area (Å²) < 4.78 is 6.46. The van der Waals surface area contributed by atoms with E-state index >= 15 is 0 Å². The first-order valence-corrected chi connectivity index (χ1v) is 49.4. The Bertz CT molecular complexity index is 10800. The first kappa shape index (κ1) is 82.8. The Morgan fingerprint density at radius 1 is 0.129 bits per heavy atom. The average Bonchev–Trinajstić information content (AvgIpc) is 1.29. The number of rotatable bonds is 8. The van der Waals surface area contributed by atoms with Crippen LogP contribution in [0.5, 0.6) is 0 Å². The number of imidazole rings is 3. The molecule has 0 bridgehead atoms. The summed E-state index contributed by atoms with van der Waals surface area (Å²) in [4.78, 5) is 52.9. The molecule has 32 rings (SSSR count). The normalized spacial score (nSPS) is 11.9. The van der Waals surface area contributed by atoms with E-state index in [1.54, 1.807) is 37.2 Å². The summed E-state index contributed by atoms with van der Waals surface area (Å²) in [6.45, 7) is 0. The summed E-state index contributed by atoms with van der Waals surface area (Å²) in [5.41, 5.74) is 35.7. The fraction of sp³-hybridized carbons (Fsp3) is 0. The lowest BCUT2D eigenvalue weighted by Crippen LogP contribution is -1.96. The van der Waals surface area contributed by atoms with Crippen LogP contribution >= 0.6 is 0 Å². The molecule has 12 aromatic heterocycles. The van der Waals surface area contributed by atoms with Crippen molar-refractivity contribution < 1.29 is 0 Å². The number of aromatic nitrogens is 14. The maximum absolute atomic E-state index is 5.25. The highest BCUT2D eigenvalue weighted by molar-refractivity contribution is 6.26. The summed E-state index contributed by atoms with van der Waals surface area (Å²) in [5, 5.41) is 24.1. The molecule has 0 unspecified atom stereocenters. The maximum Gasteiger partial charge on any atom is 0.166 e. The minimum Gasteiger partial charge on any atom is -0.290 e. The fourth-order valence-corrected chi connectivity index (χ4v) is 23.0. The molecule has 0 spiro atoms. The third-order valence-electron chi connectivity index (χ3n) is 29.7. The van der Waals surface area contributed by atoms with Crippen LogP contribution in [0.25, 0.3) is 302 Å². The zero-order chi connectivity index (χ0) is 96.4. The fourth-order valence-electron chi connectivity index (χ4n) is 23.0. The monoisotopic (exact) mass is 1870 g/mol. The lowest BCUT2D eigenvalue weighted by molar-refractivity contribution is 1.19. The van der Waals surface area contributed by atoms with E-state index in [9.17, 15) is 0 Å². The van der Waals surface area contributed by atoms with Gasteiger partial charge in [-0.15, -0.1) is 0 Å². The van der Waals surface area contributed by atoms with Gasteiger partial charge in [-0.05, 0) is 319 Å². The molecule has 147 heavy (non-hydrogen) atoms. The van der Waals surface area contributed by atoms with Crippen molar-refractivity contribution in [3.8, 4) is 89.0 Å². The van der Waals surface area contributed by atoms with Crippen LogP contribution < -0.4 is 0 Å². The van der Waals surface area contributed by atoms with Crippen LogP contribution in [-0.2, 0) is 0 Å². The van der Waals surface area contributed by atoms with Gasteiger partial charge in [0, 0.05) is 60.3 Å². The summed E-state index contributed by atoms with van der Waals surface area (Å²) in [5.74, 6) is 0. The smallest absolute Gasteiger partial charge is 0.166 e. The summed E-state index contributed by atoms with van der Waals surface area (Å²) >= 11 is 0. The van der Waals surface area contributed by atoms with Crippen molar-refractivity contribution in [3.63, 3.8) is 0 Å². The Morgan fingerprint density at radius 3 is 0.898 bits per heavy atom. The van der Waals surface area contributed by atoms with Crippen LogP contribution in [0.2, 0.25) is 0 Å². The van der Waals surface area contributed by atoms with Gasteiger partial charge in [0.2, 0.25) is 0 Å². The van der Waals surface area contributed by atoms with Gasteiger partial charge in [-0.3, -0.25) is 43.1 Å². The molecule has 14 heteroatoms. The molecule has 680 valence electrons. The quantitative estimate of drug-likeness (QED) is 0.105. The van der Waals surface area contributed by atoms with Gasteiger partial charge in [0.25, 0.3) is 0 Å². The minimum absolute atomic E-state index is 0.741. The number of fused-ring (bicyclic) bond motifs is 33. The van der Waals surface area contributed by atoms with Crippen molar-refractivity contribution in [2.24, 2.45) is 0 Å². The highest BCUT2D eigenvalue weighted by atomic mass is 15.1. The SMILES string of the molecule is c1ccc(-c2ccc3cc(-c4ccc5c(c4)nc4c6ncccc6c6nccnc6n54)ccc3c2)cc1.c1ccc2cc(-c3c4ccccc4c(-c4ccc5ccccc5c4)c4cc(-c5ccc6c(c5)nc5c7cccnc7c7ncccc7n65)ccc34)ccc2c1.c1ccc2cc(-c3c4ccccc4c(-c4ccc5ccccc5c4)c4cc(-c5ccc6c(c5)nc5c7nccnc7c7ncccc7n65)ccc34)ccc2c1. The summed E-state index contributed by atoms with van der Waals surface area (Å²) in [6.07, 6.45) is 14.2. The van der Waals surface area contributed by atoms with Crippen LogP contribution in [0.1, 0.15) is 0 Å². The first-order valence-electron chi connectivity index (χ1n) is 49.4. The number of benzene rings is 20. The molecule has 0 aliphatic rings. The van der Waals surface area contributed by atoms with Crippen LogP contribution in [-0.4, -0.2) is 68.0 Å². The zero-order valence-corrected chi connectivity index (χ0v) is 78.8. The van der Waals surface area contributed by atoms with E-state index in [0.29, 0.717) is 0 Å². The molecule has 14 nitrogen and oxygen atoms in total. The van der Waals surface area contributed by atoms with Crippen LogP contribution in [0.4, 0.5) is 0 Å². The van der Waals surface area contributed by atoms with Crippen molar-refractivity contribution in [1.82, 2.24) is 68.0 Å². The Hall–Kier alpha value is -20.1. The number of nitrogens with zero attached hydrogens (tertiary/aromatic N) is 14. The molecule has 20 aromatic carbocycles. The van der Waals surface area contributed by atoms with Crippen LogP contribution in [0.15, 0.2) is 474 Å². The molecule has 0 radical (unpaired) electrons. The van der Waals surface area contributed by atoms with E-state index in [1.165, 1.54) is 153 Å². The molecule has 0 saturated carbocycles. The molecule has 0 atom stereocenters. The average molecular weight is 1870 g/mol. The van der Waals surface area contributed by atoms with Gasteiger partial charge in [0.15, 0.2) is 16.9 Å². The van der Waals surface area contributed by atoms with Crippen molar-refractivity contribution >= 4 is 213 Å². The minimum atomic E-state index is 0.741. The van der Waals surface area contributed by atoms with E-state index in [2.05, 4.69) is 421 Å². The van der Waals surface area contributed by atoms with Gasteiger partial charge in [-0.1, -0.05) is 291 Å². The molecule has 0 fully saturated rings. The highest BCUT2D eigenvalue weighted by Crippen LogP contribution is 2.50. The van der Waals surface area contributed by atoms with Crippen molar-refractivity contribution in [1.29, 1.82) is 0 Å². The zero-order valence-electron chi connectivity index (χ0n) is 78.8. The standard InChI is InChI=1S/C51H30N4.C50H29N5.C32H19N5/c1-3-11-33-27-37(19-17-31(33)9-1)47-39-13-5-6-14-40(39)48(38-20-18-32-10-2-4-12-34(32)28-38)43-29-35(21-23-41(43)47)36-22-24-45-44(30-36)54-51-42-15-7-25-52-49(42)50-46(55(45)51)16-8-26-53-50;1-3-10-32-26-36(17-15-30(32)8-1)45-38-12-5-6-13-39(38)46(37-18-16-31-9-2-4-11-33(31)27-37)41-28-34(19-21-40(41)45)35-20-22-43-42(29-35)54-50-49-48(52-24-25-53-49)47-44(55(43)50)14-7-23-51-47;1-2-5-20(6-3-1)21-8-9-23-18-24(11-10-22(23)17-21)25-12-13-28-27(19-25)36-32-30-26(7-4-14-33-30)29-31(37(28)32)35-16-15-34-29/h1-30H;1-29H;1-19H. The molecule has 0 aliphatic heterocycles. The van der Waals surface area contributed by atoms with E-state index in [4.69, 9.17) is 34.9 Å². The van der Waals surface area contributed by atoms with Gasteiger partial charge in [0.1, 0.15) is 44.3 Å². The summed E-state index contributed by atoms with van der Waals surface area (Å²) in [7, 11) is 0. The third kappa shape index (κ3) is 13.5. The molecular formula is C133H78N14. The third-order valence-corrected chi connectivity index (χ3v) is 29.7. The maximum atomic E-state index is 5.25. The molecule has 0 amide bonds. The van der Waals surface area contributed by atoms with Crippen LogP contribution in [0.3, 0.4) is 0 Å². The molecule has 0 saturated heterocycles. The Balaban J connectivity index is 0.000000104. The van der Waals surface area contributed by atoms with Gasteiger partial charge < -0.3 is 0 Å². The molecule has 32 aromatic rings. The van der Waals surface area contributed by atoms with Crippen LogP contribution in [0, 0.1) is 0 Å². The Labute approximate surface area is 838 Å². The van der Waals surface area contributed by atoms with E-state index in [1.807, 2.05) is 48.8 Å². The topological polar surface area (TPSA) is 155 Å². The number of pyridine rings is 7. The predicted octanol–water partition coefficient (Wildman–Crippen LogP) is 33.3. The second-order valence-electron chi connectivity index (χ2n) is 37.9. The first-order chi connectivity index (χ1) is 72.9. The van der Waals surface area contributed by atoms with Gasteiger partial charge >= 0.3 is 0 Å². The van der Waals surface area contributed by atoms with Gasteiger partial charge in [0.05, 0.1) is 44.1 Å². The predicted molar refractivity (Wildman–Crippen MR) is 607 cm³/mol. The molecular weight excluding hydrogens is 1790 g/mol. The second-order valence-corrected chi connectivity index (χ2v) is 37.9. The van der Waals surface area contributed by atoms with Crippen molar-refractivity contribution in [2.75, 3.05) is 0 Å². The number of hydrogen-bond donors (Lipinski definition) is 0. The van der Waals surface area contributed by atoms with Crippen molar-refractivity contribution in [2.45, 2.75) is 0 Å². The van der Waals surface area contributed by atoms with E-state index < -0.39 is 0 Å². The molecule has 0 N–H and O–H groups in total. The molecule has 12 heterocycles. The van der Waals surface area contributed by atoms with E-state index in [-0.39, 0.29) is 0 Å². The Morgan fingerprint density at radius 2 is 0.415 bits per heavy atom. The lowest BCUT2D eigenvalue weighted by Gasteiger charge is -2.19. The lowest BCUT2D eigenvalue weighted by atomic mass is 9.84. The second kappa shape index (κ2) is 33.3. The largest absolute Gasteiger partial charge is 0.290 e. The van der Waals surface area contributed by atoms with Crippen molar-refractivity contribution in [3.05, 3.63) is 474 Å². The van der Waals surface area contributed by atoms with E-state index in [0.717, 1.165) is 149 Å². The number of hydrogen-bond acceptors (Lipinski definition) is 11. The highest BCUT2D eigenvalue weighted by Gasteiger charge is 2.26. The van der Waals surface area contributed by atoms with Gasteiger partial charge in [-0.25, -0.2) is 24.9 Å². The van der Waals surface area contributed by atoms with Gasteiger partial charge in [-0.2, -0.15) is 0 Å².